The summed E-state index contributed by atoms with van der Waals surface area (Å²) in [4.78, 5) is 14.4. The van der Waals surface area contributed by atoms with Gasteiger partial charge in [-0.3, -0.25) is 4.79 Å². The second-order valence-electron chi connectivity index (χ2n) is 2.59. The summed E-state index contributed by atoms with van der Waals surface area (Å²) in [5.74, 6) is 0. The minimum atomic E-state index is 0.444. The van der Waals surface area contributed by atoms with Crippen molar-refractivity contribution in [3.8, 4) is 0 Å². The van der Waals surface area contributed by atoms with Crippen LogP contribution in [-0.4, -0.2) is 15.8 Å². The molecular weight excluding hydrogens is 164 g/mol. The zero-order valence-corrected chi connectivity index (χ0v) is 6.64. The highest BCUT2D eigenvalue weighted by molar-refractivity contribution is 6.28. The molecule has 0 spiro atoms. The Labute approximate surface area is 69.0 Å². The van der Waals surface area contributed by atoms with Gasteiger partial charge in [-0.2, -0.15) is 0 Å². The van der Waals surface area contributed by atoms with Crippen LogP contribution in [0.15, 0.2) is 0 Å². The predicted molar refractivity (Wildman–Crippen MR) is 40.9 cm³/mol. The molecule has 2 rings (SSSR count). The van der Waals surface area contributed by atoms with E-state index in [1.165, 1.54) is 0 Å². The maximum Gasteiger partial charge on any atom is 0.203 e. The largest absolute Gasteiger partial charge is 0.318 e. The highest BCUT2D eigenvalue weighted by atomic mass is 35.5. The number of imidazole rings is 1. The molecule has 0 aromatic carbocycles. The molecule has 4 heteroatoms. The van der Waals surface area contributed by atoms with Crippen molar-refractivity contribution in [1.29, 1.82) is 0 Å². The Balaban J connectivity index is 2.60. The van der Waals surface area contributed by atoms with Gasteiger partial charge in [0.1, 0.15) is 5.69 Å². The van der Waals surface area contributed by atoms with E-state index in [4.69, 9.17) is 11.6 Å². The van der Waals surface area contributed by atoms with Gasteiger partial charge in [0, 0.05) is 12.2 Å². The second-order valence-corrected chi connectivity index (χ2v) is 2.92. The average molecular weight is 171 g/mol. The number of hydrogen-bond acceptors (Lipinski definition) is 2. The Kier molecular flexibility index (Phi) is 1.46. The van der Waals surface area contributed by atoms with Gasteiger partial charge in [0.2, 0.25) is 5.28 Å². The lowest BCUT2D eigenvalue weighted by atomic mass is 10.2. The molecule has 0 unspecified atom stereocenters. The van der Waals surface area contributed by atoms with Gasteiger partial charge in [0.25, 0.3) is 0 Å². The van der Waals surface area contributed by atoms with Gasteiger partial charge < -0.3 is 4.57 Å². The van der Waals surface area contributed by atoms with E-state index in [0.717, 1.165) is 31.4 Å². The summed E-state index contributed by atoms with van der Waals surface area (Å²) in [6, 6.07) is 0. The third-order valence-corrected chi connectivity index (χ3v) is 2.25. The molecule has 0 radical (unpaired) electrons. The lowest BCUT2D eigenvalue weighted by Gasteiger charge is -1.93. The summed E-state index contributed by atoms with van der Waals surface area (Å²) in [6.45, 7) is 0.898. The van der Waals surface area contributed by atoms with E-state index in [-0.39, 0.29) is 0 Å². The molecule has 0 fully saturated rings. The third-order valence-electron chi connectivity index (χ3n) is 1.96. The fraction of sp³-hybridized carbons (Fsp3) is 0.429. The first-order chi connectivity index (χ1) is 5.33. The van der Waals surface area contributed by atoms with Crippen molar-refractivity contribution in [2.24, 2.45) is 0 Å². The minimum Gasteiger partial charge on any atom is -0.318 e. The van der Waals surface area contributed by atoms with Gasteiger partial charge >= 0.3 is 0 Å². The Bertz CT molecular complexity index is 306. The van der Waals surface area contributed by atoms with Crippen molar-refractivity contribution < 1.29 is 4.79 Å². The first-order valence-electron chi connectivity index (χ1n) is 3.53. The van der Waals surface area contributed by atoms with Crippen molar-refractivity contribution in [3.05, 3.63) is 16.7 Å². The van der Waals surface area contributed by atoms with E-state index >= 15 is 0 Å². The maximum atomic E-state index is 10.4. The summed E-state index contributed by atoms with van der Waals surface area (Å²) in [6.07, 6.45) is 2.76. The molecule has 58 valence electrons. The summed E-state index contributed by atoms with van der Waals surface area (Å²) < 4.78 is 1.89. The molecule has 1 aliphatic rings. The van der Waals surface area contributed by atoms with Crippen LogP contribution in [0.25, 0.3) is 0 Å². The molecule has 0 atom stereocenters. The van der Waals surface area contributed by atoms with Crippen LogP contribution in [0.4, 0.5) is 0 Å². The highest BCUT2D eigenvalue weighted by Crippen LogP contribution is 2.22. The van der Waals surface area contributed by atoms with E-state index in [9.17, 15) is 4.79 Å². The van der Waals surface area contributed by atoms with Gasteiger partial charge in [-0.1, -0.05) is 0 Å². The van der Waals surface area contributed by atoms with Gasteiger partial charge in [-0.25, -0.2) is 4.98 Å². The molecule has 0 saturated carbocycles. The molecule has 1 aromatic rings. The van der Waals surface area contributed by atoms with Crippen LogP contribution in [-0.2, 0) is 13.0 Å². The van der Waals surface area contributed by atoms with Crippen LogP contribution < -0.4 is 0 Å². The quantitative estimate of drug-likeness (QED) is 0.596. The van der Waals surface area contributed by atoms with E-state index in [1.54, 1.807) is 0 Å². The fourth-order valence-corrected chi connectivity index (χ4v) is 1.74. The highest BCUT2D eigenvalue weighted by Gasteiger charge is 2.19. The summed E-state index contributed by atoms with van der Waals surface area (Å²) >= 11 is 5.76. The van der Waals surface area contributed by atoms with Crippen LogP contribution in [0, 0.1) is 0 Å². The zero-order valence-electron chi connectivity index (χ0n) is 5.88. The van der Waals surface area contributed by atoms with Gasteiger partial charge in [-0.15, -0.1) is 0 Å². The van der Waals surface area contributed by atoms with Crippen LogP contribution in [0.1, 0.15) is 22.6 Å². The molecule has 1 aliphatic heterocycles. The Hall–Kier alpha value is -0.830. The molecule has 3 nitrogen and oxygen atoms in total. The standard InChI is InChI=1S/C7H7ClN2O/c8-7-9-5(4-11)6-2-1-3-10(6)7/h4H,1-3H2. The van der Waals surface area contributed by atoms with Crippen LogP contribution >= 0.6 is 11.6 Å². The number of aldehydes is 1. The average Bonchev–Trinajstić information content (AvgIpc) is 2.54. The van der Waals surface area contributed by atoms with Crippen LogP contribution in [0.2, 0.25) is 5.28 Å². The summed E-state index contributed by atoms with van der Waals surface area (Å²) in [5.41, 5.74) is 1.50. The smallest absolute Gasteiger partial charge is 0.203 e. The van der Waals surface area contributed by atoms with Gasteiger partial charge in [0.05, 0.1) is 0 Å². The first-order valence-corrected chi connectivity index (χ1v) is 3.91. The SMILES string of the molecule is O=Cc1nc(Cl)n2c1CCC2. The van der Waals surface area contributed by atoms with E-state index < -0.39 is 0 Å². The molecule has 11 heavy (non-hydrogen) atoms. The maximum absolute atomic E-state index is 10.4. The van der Waals surface area contributed by atoms with Gasteiger partial charge in [-0.05, 0) is 24.4 Å². The Morgan fingerprint density at radius 1 is 1.64 bits per heavy atom. The number of hydrogen-bond donors (Lipinski definition) is 0. The molecule has 1 aromatic heterocycles. The zero-order chi connectivity index (χ0) is 7.84. The summed E-state index contributed by atoms with van der Waals surface area (Å²) in [5, 5.41) is 0.444. The lowest BCUT2D eigenvalue weighted by molar-refractivity contribution is 0.111. The third kappa shape index (κ3) is 0.878. The van der Waals surface area contributed by atoms with Crippen LogP contribution in [0.3, 0.4) is 0 Å². The molecule has 2 heterocycles. The number of aromatic nitrogens is 2. The molecule has 0 bridgehead atoms. The molecular formula is C7H7ClN2O. The number of carbonyl (C=O) groups is 1. The molecule has 0 aliphatic carbocycles. The Morgan fingerprint density at radius 2 is 2.45 bits per heavy atom. The van der Waals surface area contributed by atoms with Crippen molar-refractivity contribution in [2.45, 2.75) is 19.4 Å². The second kappa shape index (κ2) is 2.34. The van der Waals surface area contributed by atoms with E-state index in [2.05, 4.69) is 4.98 Å². The van der Waals surface area contributed by atoms with E-state index in [0.29, 0.717) is 11.0 Å². The molecule has 0 N–H and O–H groups in total. The van der Waals surface area contributed by atoms with Crippen LogP contribution in [0.5, 0.6) is 0 Å². The number of fused-ring (bicyclic) bond motifs is 1. The first kappa shape index (κ1) is 6.85. The lowest BCUT2D eigenvalue weighted by Crippen LogP contribution is -1.91. The summed E-state index contributed by atoms with van der Waals surface area (Å²) in [7, 11) is 0. The van der Waals surface area contributed by atoms with Crippen molar-refractivity contribution in [3.63, 3.8) is 0 Å². The number of nitrogens with zero attached hydrogens (tertiary/aromatic N) is 2. The minimum absolute atomic E-state index is 0.444. The number of rotatable bonds is 1. The van der Waals surface area contributed by atoms with Gasteiger partial charge in [0.15, 0.2) is 6.29 Å². The van der Waals surface area contributed by atoms with Crippen molar-refractivity contribution in [1.82, 2.24) is 9.55 Å². The monoisotopic (exact) mass is 170 g/mol. The van der Waals surface area contributed by atoms with Crippen molar-refractivity contribution >= 4 is 17.9 Å². The normalized spacial score (nSPS) is 15.0. The molecule has 0 saturated heterocycles. The topological polar surface area (TPSA) is 34.9 Å². The predicted octanol–water partition coefficient (Wildman–Crippen LogP) is 1.30. The van der Waals surface area contributed by atoms with E-state index in [1.807, 2.05) is 4.57 Å². The fourth-order valence-electron chi connectivity index (χ4n) is 1.46. The number of carbonyl (C=O) groups excluding carboxylic acids is 1. The van der Waals surface area contributed by atoms with Crippen molar-refractivity contribution in [2.75, 3.05) is 0 Å². The number of halogens is 1. The molecule has 0 amide bonds. The Morgan fingerprint density at radius 3 is 3.18 bits per heavy atom.